The normalized spacial score (nSPS) is 13.4. The second kappa shape index (κ2) is 7.86. The summed E-state index contributed by atoms with van der Waals surface area (Å²) in [5, 5.41) is 11.4. The van der Waals surface area contributed by atoms with Crippen LogP contribution in [-0.4, -0.2) is 34.1 Å². The van der Waals surface area contributed by atoms with Gasteiger partial charge in [-0.05, 0) is 61.4 Å². The first-order valence-electron chi connectivity index (χ1n) is 9.01. The molecule has 0 radical (unpaired) electrons. The van der Waals surface area contributed by atoms with Gasteiger partial charge in [-0.1, -0.05) is 18.2 Å². The van der Waals surface area contributed by atoms with E-state index in [0.29, 0.717) is 11.5 Å². The Kier molecular flexibility index (Phi) is 4.96. The Morgan fingerprint density at radius 1 is 0.852 bits per heavy atom. The molecule has 4 rings (SSSR count). The third-order valence-corrected chi connectivity index (χ3v) is 4.38. The number of carbonyl (C=O) groups excluding carboxylic acids is 1. The summed E-state index contributed by atoms with van der Waals surface area (Å²) >= 11 is 0. The van der Waals surface area contributed by atoms with E-state index < -0.39 is 0 Å². The molecule has 2 heterocycles. The zero-order valence-corrected chi connectivity index (χ0v) is 14.8. The summed E-state index contributed by atoms with van der Waals surface area (Å²) < 4.78 is 5.78. The predicted molar refractivity (Wildman–Crippen MR) is 103 cm³/mol. The van der Waals surface area contributed by atoms with E-state index >= 15 is 0 Å². The first kappa shape index (κ1) is 17.0. The van der Waals surface area contributed by atoms with Crippen LogP contribution in [0.3, 0.4) is 0 Å². The number of rotatable bonds is 5. The van der Waals surface area contributed by atoms with Crippen molar-refractivity contribution in [1.82, 2.24) is 15.1 Å². The van der Waals surface area contributed by atoms with Gasteiger partial charge >= 0.3 is 0 Å². The van der Waals surface area contributed by atoms with Gasteiger partial charge in [-0.25, -0.2) is 0 Å². The summed E-state index contributed by atoms with van der Waals surface area (Å²) in [6, 6.07) is 20.7. The summed E-state index contributed by atoms with van der Waals surface area (Å²) in [4.78, 5) is 14.1. The van der Waals surface area contributed by atoms with Crippen molar-refractivity contribution in [1.29, 1.82) is 0 Å². The third kappa shape index (κ3) is 4.23. The number of aromatic nitrogens is 2. The van der Waals surface area contributed by atoms with Crippen LogP contribution in [0.15, 0.2) is 66.7 Å². The SMILES string of the molecule is O=C(c1ccc(Nc2ccc(Oc3ccccc3)cc2)nn1)N1CCCC1. The van der Waals surface area contributed by atoms with Gasteiger partial charge in [0.15, 0.2) is 11.5 Å². The molecule has 27 heavy (non-hydrogen) atoms. The molecule has 3 aromatic rings. The van der Waals surface area contributed by atoms with Crippen molar-refractivity contribution in [2.45, 2.75) is 12.8 Å². The van der Waals surface area contributed by atoms with Crippen LogP contribution in [0.5, 0.6) is 11.5 Å². The number of para-hydroxylation sites is 1. The zero-order valence-electron chi connectivity index (χ0n) is 14.8. The number of hydrogen-bond acceptors (Lipinski definition) is 5. The molecule has 136 valence electrons. The van der Waals surface area contributed by atoms with Crippen molar-refractivity contribution in [3.05, 3.63) is 72.4 Å². The highest BCUT2D eigenvalue weighted by Crippen LogP contribution is 2.24. The Morgan fingerprint density at radius 3 is 2.22 bits per heavy atom. The molecule has 1 fully saturated rings. The molecule has 1 amide bonds. The number of anilines is 2. The van der Waals surface area contributed by atoms with Gasteiger partial charge < -0.3 is 15.0 Å². The van der Waals surface area contributed by atoms with Gasteiger partial charge in [0.1, 0.15) is 11.5 Å². The number of ether oxygens (including phenoxy) is 1. The lowest BCUT2D eigenvalue weighted by atomic mass is 10.3. The van der Waals surface area contributed by atoms with Gasteiger partial charge in [0.05, 0.1) is 0 Å². The number of nitrogens with one attached hydrogen (secondary N) is 1. The van der Waals surface area contributed by atoms with E-state index in [2.05, 4.69) is 15.5 Å². The molecule has 1 N–H and O–H groups in total. The standard InChI is InChI=1S/C21H20N4O2/c26-21(25-14-4-5-15-25)19-12-13-20(24-23-19)22-16-8-10-18(11-9-16)27-17-6-2-1-3-7-17/h1-3,6-13H,4-5,14-15H2,(H,22,24). The molecule has 0 saturated carbocycles. The predicted octanol–water partition coefficient (Wildman–Crippen LogP) is 4.25. The van der Waals surface area contributed by atoms with E-state index in [1.165, 1.54) is 0 Å². The zero-order chi connectivity index (χ0) is 18.5. The highest BCUT2D eigenvalue weighted by Gasteiger charge is 2.20. The fourth-order valence-electron chi connectivity index (χ4n) is 2.97. The molecule has 1 saturated heterocycles. The van der Waals surface area contributed by atoms with Gasteiger partial charge in [-0.15, -0.1) is 10.2 Å². The molecule has 1 aliphatic rings. The highest BCUT2D eigenvalue weighted by atomic mass is 16.5. The van der Waals surface area contributed by atoms with Gasteiger partial charge in [0.25, 0.3) is 5.91 Å². The number of amides is 1. The number of benzene rings is 2. The third-order valence-electron chi connectivity index (χ3n) is 4.38. The van der Waals surface area contributed by atoms with Crippen LogP contribution in [0.1, 0.15) is 23.3 Å². The lowest BCUT2D eigenvalue weighted by molar-refractivity contribution is 0.0786. The minimum atomic E-state index is -0.0473. The molecule has 0 atom stereocenters. The molecule has 0 aliphatic carbocycles. The van der Waals surface area contributed by atoms with Crippen molar-refractivity contribution in [3.8, 4) is 11.5 Å². The molecule has 1 aromatic heterocycles. The van der Waals surface area contributed by atoms with Crippen molar-refractivity contribution in [2.24, 2.45) is 0 Å². The molecule has 2 aromatic carbocycles. The maximum Gasteiger partial charge on any atom is 0.274 e. The van der Waals surface area contributed by atoms with Gasteiger partial charge in [0, 0.05) is 18.8 Å². The fraction of sp³-hybridized carbons (Fsp3) is 0.190. The van der Waals surface area contributed by atoms with Crippen molar-refractivity contribution in [2.75, 3.05) is 18.4 Å². The highest BCUT2D eigenvalue weighted by molar-refractivity contribution is 5.92. The van der Waals surface area contributed by atoms with Gasteiger partial charge in [0.2, 0.25) is 0 Å². The Balaban J connectivity index is 1.38. The van der Waals surface area contributed by atoms with Crippen LogP contribution in [0.4, 0.5) is 11.5 Å². The number of hydrogen-bond donors (Lipinski definition) is 1. The first-order chi connectivity index (χ1) is 13.3. The van der Waals surface area contributed by atoms with E-state index in [0.717, 1.165) is 43.1 Å². The van der Waals surface area contributed by atoms with Crippen LogP contribution in [0, 0.1) is 0 Å². The van der Waals surface area contributed by atoms with Crippen molar-refractivity contribution in [3.63, 3.8) is 0 Å². The molecule has 0 spiro atoms. The molecular formula is C21H20N4O2. The van der Waals surface area contributed by atoms with Crippen LogP contribution in [-0.2, 0) is 0 Å². The van der Waals surface area contributed by atoms with Crippen LogP contribution in [0.25, 0.3) is 0 Å². The van der Waals surface area contributed by atoms with Crippen LogP contribution in [0.2, 0.25) is 0 Å². The van der Waals surface area contributed by atoms with E-state index in [-0.39, 0.29) is 5.91 Å². The monoisotopic (exact) mass is 360 g/mol. The Labute approximate surface area is 157 Å². The summed E-state index contributed by atoms with van der Waals surface area (Å²) in [6.07, 6.45) is 2.12. The quantitative estimate of drug-likeness (QED) is 0.737. The summed E-state index contributed by atoms with van der Waals surface area (Å²) in [6.45, 7) is 1.61. The average Bonchev–Trinajstić information content (AvgIpc) is 3.25. The molecule has 0 unspecified atom stereocenters. The number of nitrogens with zero attached hydrogens (tertiary/aromatic N) is 3. The summed E-state index contributed by atoms with van der Waals surface area (Å²) in [5.74, 6) is 2.09. The molecular weight excluding hydrogens is 340 g/mol. The number of carbonyl (C=O) groups is 1. The van der Waals surface area contributed by atoms with Crippen LogP contribution < -0.4 is 10.1 Å². The second-order valence-corrected chi connectivity index (χ2v) is 6.37. The second-order valence-electron chi connectivity index (χ2n) is 6.37. The Hall–Kier alpha value is -3.41. The molecule has 6 heteroatoms. The average molecular weight is 360 g/mol. The minimum absolute atomic E-state index is 0.0473. The lowest BCUT2D eigenvalue weighted by Gasteiger charge is -2.14. The topological polar surface area (TPSA) is 67.3 Å². The lowest BCUT2D eigenvalue weighted by Crippen LogP contribution is -2.28. The van der Waals surface area contributed by atoms with Gasteiger partial charge in [-0.3, -0.25) is 4.79 Å². The first-order valence-corrected chi connectivity index (χ1v) is 9.01. The summed E-state index contributed by atoms with van der Waals surface area (Å²) in [5.41, 5.74) is 1.25. The smallest absolute Gasteiger partial charge is 0.274 e. The van der Waals surface area contributed by atoms with Crippen molar-refractivity contribution >= 4 is 17.4 Å². The largest absolute Gasteiger partial charge is 0.457 e. The Morgan fingerprint density at radius 2 is 1.56 bits per heavy atom. The number of likely N-dealkylation sites (tertiary alicyclic amines) is 1. The maximum atomic E-state index is 12.3. The molecule has 1 aliphatic heterocycles. The summed E-state index contributed by atoms with van der Waals surface area (Å²) in [7, 11) is 0. The minimum Gasteiger partial charge on any atom is -0.457 e. The molecule has 6 nitrogen and oxygen atoms in total. The van der Waals surface area contributed by atoms with Crippen molar-refractivity contribution < 1.29 is 9.53 Å². The van der Waals surface area contributed by atoms with E-state index in [9.17, 15) is 4.79 Å². The fourth-order valence-corrected chi connectivity index (χ4v) is 2.97. The van der Waals surface area contributed by atoms with Crippen LogP contribution >= 0.6 is 0 Å². The van der Waals surface area contributed by atoms with E-state index in [1.807, 2.05) is 59.5 Å². The maximum absolute atomic E-state index is 12.3. The Bertz CT molecular complexity index is 890. The van der Waals surface area contributed by atoms with Gasteiger partial charge in [-0.2, -0.15) is 0 Å². The van der Waals surface area contributed by atoms with E-state index in [4.69, 9.17) is 4.74 Å². The van der Waals surface area contributed by atoms with E-state index in [1.54, 1.807) is 12.1 Å². The molecule has 0 bridgehead atoms.